The summed E-state index contributed by atoms with van der Waals surface area (Å²) in [4.78, 5) is 12.8. The van der Waals surface area contributed by atoms with E-state index in [9.17, 15) is 4.79 Å². The van der Waals surface area contributed by atoms with E-state index in [4.69, 9.17) is 14.0 Å². The van der Waals surface area contributed by atoms with Crippen molar-refractivity contribution in [3.63, 3.8) is 0 Å². The number of hydrogen-bond acceptors (Lipinski definition) is 5. The second-order valence-electron chi connectivity index (χ2n) is 11.2. The molecule has 174 valence electrons. The van der Waals surface area contributed by atoms with Gasteiger partial charge in [-0.25, -0.2) is 4.79 Å². The highest BCUT2D eigenvalue weighted by molar-refractivity contribution is 6.47. The summed E-state index contributed by atoms with van der Waals surface area (Å²) < 4.78 is 18.8. The topological polar surface area (TPSA) is 68.8 Å². The number of carbonyl (C=O) groups is 1. The van der Waals surface area contributed by atoms with Crippen molar-refractivity contribution in [1.82, 2.24) is 10.6 Å². The summed E-state index contributed by atoms with van der Waals surface area (Å²) >= 11 is 0. The summed E-state index contributed by atoms with van der Waals surface area (Å²) in [5.41, 5.74) is 1.13. The van der Waals surface area contributed by atoms with Gasteiger partial charge in [0.05, 0.1) is 17.6 Å². The summed E-state index contributed by atoms with van der Waals surface area (Å²) in [6, 6.07) is 10.4. The van der Waals surface area contributed by atoms with E-state index in [1.807, 2.05) is 18.2 Å². The Balaban J connectivity index is 1.28. The molecule has 1 aromatic rings. The first kappa shape index (κ1) is 22.2. The molecule has 2 heterocycles. The molecule has 3 saturated carbocycles. The Kier molecular flexibility index (Phi) is 5.79. The molecule has 0 radical (unpaired) electrons. The van der Waals surface area contributed by atoms with Crippen LogP contribution in [0.25, 0.3) is 0 Å². The van der Waals surface area contributed by atoms with Gasteiger partial charge in [0, 0.05) is 6.04 Å². The van der Waals surface area contributed by atoms with Crippen molar-refractivity contribution in [3.05, 3.63) is 35.9 Å². The van der Waals surface area contributed by atoms with E-state index in [2.05, 4.69) is 50.5 Å². The van der Waals surface area contributed by atoms with Gasteiger partial charge in [-0.05, 0) is 67.9 Å². The monoisotopic (exact) mass is 440 g/mol. The lowest BCUT2D eigenvalue weighted by Gasteiger charge is -2.64. The van der Waals surface area contributed by atoms with E-state index >= 15 is 0 Å². The van der Waals surface area contributed by atoms with Crippen LogP contribution in [-0.2, 0) is 20.5 Å². The Labute approximate surface area is 192 Å². The van der Waals surface area contributed by atoms with Crippen molar-refractivity contribution in [2.24, 2.45) is 23.2 Å². The van der Waals surface area contributed by atoms with Crippen molar-refractivity contribution >= 4 is 13.2 Å². The molecule has 7 atom stereocenters. The Morgan fingerprint density at radius 2 is 2.06 bits per heavy atom. The minimum Gasteiger partial charge on any atom is -0.448 e. The van der Waals surface area contributed by atoms with Crippen LogP contribution in [0.1, 0.15) is 52.5 Å². The van der Waals surface area contributed by atoms with Gasteiger partial charge in [0.25, 0.3) is 0 Å². The SMILES string of the molecule is C[C@@H]1CCN[C@H]1COC(=O)N[C@@H](Cc1ccccc1)B1O[C@@H]2C[C@@H]3C[C@@H](C3(C)C)[C@]2(C)O1. The number of nitrogens with one attached hydrogen (secondary N) is 2. The van der Waals surface area contributed by atoms with Gasteiger partial charge >= 0.3 is 13.2 Å². The largest absolute Gasteiger partial charge is 0.482 e. The number of hydrogen-bond donors (Lipinski definition) is 2. The number of amides is 1. The van der Waals surface area contributed by atoms with Crippen LogP contribution in [0.4, 0.5) is 4.79 Å². The summed E-state index contributed by atoms with van der Waals surface area (Å²) in [5, 5.41) is 6.49. The summed E-state index contributed by atoms with van der Waals surface area (Å²) in [7, 11) is -0.476. The Hall–Kier alpha value is -1.57. The van der Waals surface area contributed by atoms with Crippen LogP contribution in [0.15, 0.2) is 30.3 Å². The highest BCUT2D eigenvalue weighted by Crippen LogP contribution is 2.65. The van der Waals surface area contributed by atoms with Crippen molar-refractivity contribution < 1.29 is 18.8 Å². The quantitative estimate of drug-likeness (QED) is 0.662. The van der Waals surface area contributed by atoms with Gasteiger partial charge in [0.15, 0.2) is 0 Å². The van der Waals surface area contributed by atoms with Gasteiger partial charge in [0.1, 0.15) is 6.61 Å². The Morgan fingerprint density at radius 1 is 1.28 bits per heavy atom. The standard InChI is InChI=1S/C25H37BN2O4/c1-16-10-11-27-19(16)15-30-23(29)28-22(12-17-8-6-5-7-9-17)26-31-21-14-18-13-20(24(18,2)3)25(21,4)32-26/h5-9,16,18-22,27H,10-15H2,1-4H3,(H,28,29)/t16-,18+,19+,20+,21-,22+,25+/m1/s1. The lowest BCUT2D eigenvalue weighted by molar-refractivity contribution is -0.199. The number of benzene rings is 1. The van der Waals surface area contributed by atoms with Crippen LogP contribution in [0.5, 0.6) is 0 Å². The molecule has 3 aliphatic carbocycles. The van der Waals surface area contributed by atoms with Crippen LogP contribution in [0, 0.1) is 23.2 Å². The average molecular weight is 440 g/mol. The second-order valence-corrected chi connectivity index (χ2v) is 11.2. The third kappa shape index (κ3) is 3.86. The third-order valence-corrected chi connectivity index (χ3v) is 8.99. The molecule has 2 aliphatic heterocycles. The van der Waals surface area contributed by atoms with Gasteiger partial charge in [-0.2, -0.15) is 0 Å². The molecule has 6 rings (SSSR count). The minimum absolute atomic E-state index is 0.0870. The highest BCUT2D eigenvalue weighted by atomic mass is 16.7. The summed E-state index contributed by atoms with van der Waals surface area (Å²) in [6.45, 7) is 10.5. The van der Waals surface area contributed by atoms with Gasteiger partial charge < -0.3 is 24.7 Å². The van der Waals surface area contributed by atoms with Gasteiger partial charge in [-0.15, -0.1) is 0 Å². The van der Waals surface area contributed by atoms with Crippen LogP contribution in [-0.4, -0.2) is 50.1 Å². The van der Waals surface area contributed by atoms with E-state index in [-0.39, 0.29) is 29.1 Å². The molecule has 2 saturated heterocycles. The van der Waals surface area contributed by atoms with E-state index in [0.717, 1.165) is 24.9 Å². The predicted molar refractivity (Wildman–Crippen MR) is 124 cm³/mol. The molecular formula is C25H37BN2O4. The fraction of sp³-hybridized carbons (Fsp3) is 0.720. The van der Waals surface area contributed by atoms with Crippen LogP contribution >= 0.6 is 0 Å². The number of alkyl carbamates (subject to hydrolysis) is 1. The lowest BCUT2D eigenvalue weighted by atomic mass is 9.43. The predicted octanol–water partition coefficient (Wildman–Crippen LogP) is 3.59. The van der Waals surface area contributed by atoms with E-state index < -0.39 is 13.2 Å². The van der Waals surface area contributed by atoms with Crippen molar-refractivity contribution in [2.45, 2.75) is 77.1 Å². The maximum atomic E-state index is 12.8. The van der Waals surface area contributed by atoms with E-state index in [0.29, 0.717) is 30.8 Å². The smallest absolute Gasteiger partial charge is 0.448 e. The molecule has 0 aromatic heterocycles. The Morgan fingerprint density at radius 3 is 2.75 bits per heavy atom. The zero-order chi connectivity index (χ0) is 22.5. The zero-order valence-corrected chi connectivity index (χ0v) is 19.8. The third-order valence-electron chi connectivity index (χ3n) is 8.99. The van der Waals surface area contributed by atoms with Crippen molar-refractivity contribution in [2.75, 3.05) is 13.2 Å². The maximum Gasteiger partial charge on any atom is 0.482 e. The van der Waals surface area contributed by atoms with Crippen molar-refractivity contribution in [3.8, 4) is 0 Å². The molecule has 7 heteroatoms. The number of carbonyl (C=O) groups excluding carboxylic acids is 1. The average Bonchev–Trinajstić information content (AvgIpc) is 3.34. The van der Waals surface area contributed by atoms with Gasteiger partial charge in [0.2, 0.25) is 0 Å². The molecular weight excluding hydrogens is 403 g/mol. The molecule has 32 heavy (non-hydrogen) atoms. The van der Waals surface area contributed by atoms with E-state index in [1.165, 1.54) is 6.42 Å². The lowest BCUT2D eigenvalue weighted by Crippen LogP contribution is -2.65. The summed E-state index contributed by atoms with van der Waals surface area (Å²) in [6.07, 6.45) is 3.69. The first-order chi connectivity index (χ1) is 15.3. The van der Waals surface area contributed by atoms with Gasteiger partial charge in [-0.1, -0.05) is 51.1 Å². The van der Waals surface area contributed by atoms with Crippen molar-refractivity contribution in [1.29, 1.82) is 0 Å². The minimum atomic E-state index is -0.476. The first-order valence-electron chi connectivity index (χ1n) is 12.3. The molecule has 1 aromatic carbocycles. The van der Waals surface area contributed by atoms with Crippen LogP contribution < -0.4 is 10.6 Å². The van der Waals surface area contributed by atoms with Gasteiger partial charge in [-0.3, -0.25) is 0 Å². The molecule has 0 spiro atoms. The number of rotatable bonds is 6. The molecule has 5 fully saturated rings. The normalized spacial score (nSPS) is 38.0. The molecule has 0 unspecified atom stereocenters. The zero-order valence-electron chi connectivity index (χ0n) is 19.8. The first-order valence-corrected chi connectivity index (χ1v) is 12.3. The molecule has 6 nitrogen and oxygen atoms in total. The molecule has 5 aliphatic rings. The summed E-state index contributed by atoms with van der Waals surface area (Å²) in [5.74, 6) is 1.39. The van der Waals surface area contributed by atoms with Crippen LogP contribution in [0.2, 0.25) is 0 Å². The molecule has 2 bridgehead atoms. The van der Waals surface area contributed by atoms with Crippen LogP contribution in [0.3, 0.4) is 0 Å². The van der Waals surface area contributed by atoms with E-state index in [1.54, 1.807) is 0 Å². The Bertz CT molecular complexity index is 836. The maximum absolute atomic E-state index is 12.8. The number of ether oxygens (including phenoxy) is 1. The highest BCUT2D eigenvalue weighted by Gasteiger charge is 2.68. The molecule has 2 N–H and O–H groups in total. The fourth-order valence-electron chi connectivity index (χ4n) is 6.63. The second kappa shape index (κ2) is 8.34. The molecule has 1 amide bonds. The fourth-order valence-corrected chi connectivity index (χ4v) is 6.63.